The van der Waals surface area contributed by atoms with Crippen molar-refractivity contribution in [2.45, 2.75) is 6.54 Å². The number of carbonyl (C=O) groups excluding carboxylic acids is 2. The van der Waals surface area contributed by atoms with Gasteiger partial charge in [0.15, 0.2) is 0 Å². The highest BCUT2D eigenvalue weighted by molar-refractivity contribution is 6.35. The van der Waals surface area contributed by atoms with Gasteiger partial charge in [-0.05, 0) is 23.8 Å². The molecule has 0 saturated heterocycles. The average Bonchev–Trinajstić information content (AvgIpc) is 2.80. The second-order valence-electron chi connectivity index (χ2n) is 5.62. The van der Waals surface area contributed by atoms with Crippen LogP contribution in [0.4, 0.5) is 0 Å². The van der Waals surface area contributed by atoms with Crippen LogP contribution in [0.1, 0.15) is 26.4 Å². The van der Waals surface area contributed by atoms with E-state index in [1.54, 1.807) is 12.1 Å². The summed E-state index contributed by atoms with van der Waals surface area (Å²) in [6.45, 7) is -0.0761. The van der Waals surface area contributed by atoms with Gasteiger partial charge in [0.05, 0.1) is 17.5 Å². The standard InChI is InChI=1S/C16H8Cl2N4O4/c17-7-2-1-6(10(18)3-7)5-22-14(24)8-4-9-12(19-11(8)15(22)25)20-16(26)21-13(9)23/h1-4H,5H2,(H2,19,20,21,23,26). The number of imide groups is 1. The van der Waals surface area contributed by atoms with Gasteiger partial charge in [-0.3, -0.25) is 29.3 Å². The summed E-state index contributed by atoms with van der Waals surface area (Å²) >= 11 is 12.0. The smallest absolute Gasteiger partial charge is 0.291 e. The van der Waals surface area contributed by atoms with Gasteiger partial charge in [0.2, 0.25) is 0 Å². The third-order valence-corrected chi connectivity index (χ3v) is 4.58. The zero-order chi connectivity index (χ0) is 18.6. The number of halogens is 2. The molecule has 0 saturated carbocycles. The molecule has 130 valence electrons. The maximum Gasteiger partial charge on any atom is 0.327 e. The first-order valence-corrected chi connectivity index (χ1v) is 8.08. The first-order chi connectivity index (χ1) is 12.3. The lowest BCUT2D eigenvalue weighted by molar-refractivity contribution is 0.0640. The van der Waals surface area contributed by atoms with Crippen LogP contribution in [0.2, 0.25) is 10.0 Å². The molecule has 1 aromatic carbocycles. The minimum absolute atomic E-state index is 0.00913. The molecular weight excluding hydrogens is 383 g/mol. The lowest BCUT2D eigenvalue weighted by Gasteiger charge is -2.14. The molecule has 1 aliphatic heterocycles. The summed E-state index contributed by atoms with van der Waals surface area (Å²) in [5.41, 5.74) is -1.12. The molecule has 10 heteroatoms. The number of amides is 2. The topological polar surface area (TPSA) is 116 Å². The van der Waals surface area contributed by atoms with Crippen LogP contribution in [-0.4, -0.2) is 31.7 Å². The summed E-state index contributed by atoms with van der Waals surface area (Å²) < 4.78 is 0. The van der Waals surface area contributed by atoms with Crippen LogP contribution in [0, 0.1) is 0 Å². The summed E-state index contributed by atoms with van der Waals surface area (Å²) in [7, 11) is 0. The van der Waals surface area contributed by atoms with Gasteiger partial charge in [-0.15, -0.1) is 0 Å². The molecule has 0 unspecified atom stereocenters. The van der Waals surface area contributed by atoms with Crippen LogP contribution in [0.25, 0.3) is 11.0 Å². The number of fused-ring (bicyclic) bond motifs is 2. The molecule has 0 spiro atoms. The number of nitrogens with one attached hydrogen (secondary N) is 2. The molecule has 1 aliphatic rings. The molecular formula is C16H8Cl2N4O4. The molecule has 8 nitrogen and oxygen atoms in total. The minimum atomic E-state index is -0.753. The quantitative estimate of drug-likeness (QED) is 0.646. The van der Waals surface area contributed by atoms with Crippen molar-refractivity contribution < 1.29 is 9.59 Å². The third-order valence-electron chi connectivity index (χ3n) is 3.99. The second-order valence-corrected chi connectivity index (χ2v) is 6.46. The van der Waals surface area contributed by atoms with E-state index < -0.39 is 23.1 Å². The fourth-order valence-corrected chi connectivity index (χ4v) is 3.21. The van der Waals surface area contributed by atoms with Crippen LogP contribution in [-0.2, 0) is 6.54 Å². The molecule has 26 heavy (non-hydrogen) atoms. The van der Waals surface area contributed by atoms with Crippen molar-refractivity contribution in [3.8, 4) is 0 Å². The molecule has 4 rings (SSSR count). The number of benzene rings is 1. The molecule has 2 aromatic heterocycles. The first kappa shape index (κ1) is 16.5. The lowest BCUT2D eigenvalue weighted by atomic mass is 10.2. The van der Waals surface area contributed by atoms with E-state index >= 15 is 0 Å². The van der Waals surface area contributed by atoms with Crippen LogP contribution in [0.5, 0.6) is 0 Å². The zero-order valence-corrected chi connectivity index (χ0v) is 14.3. The van der Waals surface area contributed by atoms with Gasteiger partial charge in [0.25, 0.3) is 17.4 Å². The fourth-order valence-electron chi connectivity index (χ4n) is 2.75. The van der Waals surface area contributed by atoms with E-state index in [1.165, 1.54) is 12.1 Å². The van der Waals surface area contributed by atoms with Crippen LogP contribution >= 0.6 is 23.2 Å². The van der Waals surface area contributed by atoms with E-state index in [0.717, 1.165) is 4.90 Å². The van der Waals surface area contributed by atoms with Gasteiger partial charge in [-0.25, -0.2) is 9.78 Å². The molecule has 0 radical (unpaired) electrons. The van der Waals surface area contributed by atoms with Crippen molar-refractivity contribution in [1.29, 1.82) is 0 Å². The summed E-state index contributed by atoms with van der Waals surface area (Å²) in [5.74, 6) is -1.24. The molecule has 2 amide bonds. The van der Waals surface area contributed by atoms with Crippen LogP contribution in [0.3, 0.4) is 0 Å². The Hall–Kier alpha value is -2.97. The van der Waals surface area contributed by atoms with E-state index in [4.69, 9.17) is 23.2 Å². The predicted molar refractivity (Wildman–Crippen MR) is 93.7 cm³/mol. The number of rotatable bonds is 2. The Morgan fingerprint density at radius 2 is 1.77 bits per heavy atom. The third kappa shape index (κ3) is 2.51. The zero-order valence-electron chi connectivity index (χ0n) is 12.8. The maximum absolute atomic E-state index is 12.6. The number of hydrogen-bond donors (Lipinski definition) is 2. The van der Waals surface area contributed by atoms with E-state index in [-0.39, 0.29) is 28.8 Å². The number of hydrogen-bond acceptors (Lipinski definition) is 5. The molecule has 0 fully saturated rings. The van der Waals surface area contributed by atoms with E-state index in [9.17, 15) is 19.2 Å². The summed E-state index contributed by atoms with van der Waals surface area (Å²) in [5, 5.41) is 0.751. The molecule has 0 bridgehead atoms. The van der Waals surface area contributed by atoms with Gasteiger partial charge in [-0.2, -0.15) is 0 Å². The van der Waals surface area contributed by atoms with E-state index in [0.29, 0.717) is 15.6 Å². The largest absolute Gasteiger partial charge is 0.327 e. The average molecular weight is 391 g/mol. The summed E-state index contributed by atoms with van der Waals surface area (Å²) in [6.07, 6.45) is 0. The van der Waals surface area contributed by atoms with Crippen LogP contribution < -0.4 is 11.2 Å². The van der Waals surface area contributed by atoms with Gasteiger partial charge >= 0.3 is 5.69 Å². The number of pyridine rings is 1. The first-order valence-electron chi connectivity index (χ1n) is 7.32. The van der Waals surface area contributed by atoms with Crippen molar-refractivity contribution in [3.05, 3.63) is 72.0 Å². The minimum Gasteiger partial charge on any atom is -0.291 e. The summed E-state index contributed by atoms with van der Waals surface area (Å²) in [6, 6.07) is 5.96. The summed E-state index contributed by atoms with van der Waals surface area (Å²) in [4.78, 5) is 57.8. The highest BCUT2D eigenvalue weighted by Gasteiger charge is 2.38. The second kappa shape index (κ2) is 5.79. The highest BCUT2D eigenvalue weighted by Crippen LogP contribution is 2.28. The van der Waals surface area contributed by atoms with Crippen molar-refractivity contribution in [2.24, 2.45) is 0 Å². The predicted octanol–water partition coefficient (Wildman–Crippen LogP) is 1.71. The number of H-pyrrole nitrogens is 2. The van der Waals surface area contributed by atoms with Crippen molar-refractivity contribution >= 4 is 46.0 Å². The molecule has 3 heterocycles. The van der Waals surface area contributed by atoms with Gasteiger partial charge < -0.3 is 0 Å². The Balaban J connectivity index is 1.80. The monoisotopic (exact) mass is 390 g/mol. The van der Waals surface area contributed by atoms with Gasteiger partial charge in [0, 0.05) is 10.0 Å². The van der Waals surface area contributed by atoms with Crippen molar-refractivity contribution in [1.82, 2.24) is 19.9 Å². The van der Waals surface area contributed by atoms with Crippen LogP contribution in [0.15, 0.2) is 33.9 Å². The lowest BCUT2D eigenvalue weighted by Crippen LogP contribution is -2.29. The fraction of sp³-hybridized carbons (Fsp3) is 0.0625. The molecule has 0 atom stereocenters. The number of carbonyl (C=O) groups is 2. The molecule has 0 aliphatic carbocycles. The van der Waals surface area contributed by atoms with Crippen molar-refractivity contribution in [2.75, 3.05) is 0 Å². The highest BCUT2D eigenvalue weighted by atomic mass is 35.5. The maximum atomic E-state index is 12.6. The van der Waals surface area contributed by atoms with Crippen molar-refractivity contribution in [3.63, 3.8) is 0 Å². The number of nitrogens with zero attached hydrogens (tertiary/aromatic N) is 2. The molecule has 2 N–H and O–H groups in total. The Kier molecular flexibility index (Phi) is 3.67. The normalized spacial score (nSPS) is 13.5. The molecule has 3 aromatic rings. The van der Waals surface area contributed by atoms with E-state index in [1.807, 2.05) is 4.98 Å². The van der Waals surface area contributed by atoms with E-state index in [2.05, 4.69) is 9.97 Å². The van der Waals surface area contributed by atoms with Gasteiger partial charge in [-0.1, -0.05) is 29.3 Å². The van der Waals surface area contributed by atoms with Gasteiger partial charge in [0.1, 0.15) is 11.3 Å². The Morgan fingerprint density at radius 1 is 1.00 bits per heavy atom. The Labute approximate surface area is 154 Å². The Morgan fingerprint density at radius 3 is 2.50 bits per heavy atom. The number of aromatic nitrogens is 3. The number of aromatic amines is 2. The SMILES string of the molecule is O=C1c2cc3c(=O)[nH]c(=O)[nH]c3nc2C(=O)N1Cc1ccc(Cl)cc1Cl. The Bertz CT molecular complexity index is 1230.